The molecule has 0 fully saturated rings. The number of esters is 1. The van der Waals surface area contributed by atoms with E-state index >= 15 is 0 Å². The fraction of sp³-hybridized carbons (Fsp3) is 0.269. The first kappa shape index (κ1) is 26.0. The SMILES string of the molecule is CCC(Cc1ccc(-c2ccccc2C(=O)OC)cc1)C(=O)Nc1nc(C)c(Br)c(C)c1[N+](=O)[O-]. The van der Waals surface area contributed by atoms with Crippen LogP contribution in [0.25, 0.3) is 11.1 Å². The molecule has 1 aromatic heterocycles. The van der Waals surface area contributed by atoms with E-state index in [1.807, 2.05) is 43.3 Å². The van der Waals surface area contributed by atoms with E-state index in [-0.39, 0.29) is 17.4 Å². The number of ether oxygens (including phenoxy) is 1. The van der Waals surface area contributed by atoms with Gasteiger partial charge in [0.2, 0.25) is 11.7 Å². The van der Waals surface area contributed by atoms with Gasteiger partial charge in [0, 0.05) is 16.0 Å². The van der Waals surface area contributed by atoms with Gasteiger partial charge in [-0.15, -0.1) is 0 Å². The Kier molecular flexibility index (Phi) is 8.34. The summed E-state index contributed by atoms with van der Waals surface area (Å²) in [5.41, 5.74) is 3.76. The predicted molar refractivity (Wildman–Crippen MR) is 137 cm³/mol. The maximum absolute atomic E-state index is 13.0. The number of carbonyl (C=O) groups is 2. The van der Waals surface area contributed by atoms with Gasteiger partial charge in [0.25, 0.3) is 0 Å². The summed E-state index contributed by atoms with van der Waals surface area (Å²) in [4.78, 5) is 40.4. The lowest BCUT2D eigenvalue weighted by atomic mass is 9.93. The van der Waals surface area contributed by atoms with Crippen LogP contribution in [0, 0.1) is 29.9 Å². The molecular formula is C26H26BrN3O5. The number of nitro groups is 1. The van der Waals surface area contributed by atoms with Crippen LogP contribution in [0.5, 0.6) is 0 Å². The molecule has 0 saturated heterocycles. The first-order valence-electron chi connectivity index (χ1n) is 11.1. The van der Waals surface area contributed by atoms with Gasteiger partial charge in [-0.05, 0) is 65.4 Å². The van der Waals surface area contributed by atoms with Gasteiger partial charge in [-0.1, -0.05) is 49.4 Å². The minimum atomic E-state index is -0.534. The molecule has 1 atom stereocenters. The van der Waals surface area contributed by atoms with Gasteiger partial charge in [0.1, 0.15) is 0 Å². The van der Waals surface area contributed by atoms with E-state index in [4.69, 9.17) is 4.74 Å². The monoisotopic (exact) mass is 539 g/mol. The van der Waals surface area contributed by atoms with E-state index in [1.54, 1.807) is 26.0 Å². The highest BCUT2D eigenvalue weighted by atomic mass is 79.9. The highest BCUT2D eigenvalue weighted by Crippen LogP contribution is 2.34. The number of carbonyl (C=O) groups excluding carboxylic acids is 2. The molecule has 0 aliphatic carbocycles. The number of amides is 1. The highest BCUT2D eigenvalue weighted by molar-refractivity contribution is 9.10. The van der Waals surface area contributed by atoms with Crippen molar-refractivity contribution in [3.63, 3.8) is 0 Å². The zero-order chi connectivity index (χ0) is 25.7. The number of nitrogens with zero attached hydrogens (tertiary/aromatic N) is 2. The fourth-order valence-electron chi connectivity index (χ4n) is 3.90. The number of aromatic nitrogens is 1. The van der Waals surface area contributed by atoms with Gasteiger partial charge >= 0.3 is 11.7 Å². The number of pyridine rings is 1. The molecule has 0 radical (unpaired) electrons. The van der Waals surface area contributed by atoms with Crippen molar-refractivity contribution < 1.29 is 19.2 Å². The fourth-order valence-corrected chi connectivity index (χ4v) is 4.18. The number of aryl methyl sites for hydroxylation is 1. The van der Waals surface area contributed by atoms with Crippen molar-refractivity contribution in [1.82, 2.24) is 4.98 Å². The van der Waals surface area contributed by atoms with Gasteiger partial charge < -0.3 is 10.1 Å². The summed E-state index contributed by atoms with van der Waals surface area (Å²) < 4.78 is 5.42. The topological polar surface area (TPSA) is 111 Å². The van der Waals surface area contributed by atoms with Gasteiger partial charge in [0.15, 0.2) is 0 Å². The van der Waals surface area contributed by atoms with Crippen LogP contribution in [0.1, 0.15) is 40.5 Å². The Morgan fingerprint density at radius 3 is 2.40 bits per heavy atom. The van der Waals surface area contributed by atoms with E-state index in [2.05, 4.69) is 26.2 Å². The van der Waals surface area contributed by atoms with Gasteiger partial charge in [0.05, 0.1) is 23.3 Å². The van der Waals surface area contributed by atoms with Crippen molar-refractivity contribution in [3.8, 4) is 11.1 Å². The molecule has 182 valence electrons. The van der Waals surface area contributed by atoms with Crippen LogP contribution in [0.3, 0.4) is 0 Å². The molecule has 8 nitrogen and oxygen atoms in total. The van der Waals surface area contributed by atoms with Crippen molar-refractivity contribution in [2.24, 2.45) is 5.92 Å². The summed E-state index contributed by atoms with van der Waals surface area (Å²) in [5, 5.41) is 14.3. The van der Waals surface area contributed by atoms with E-state index in [9.17, 15) is 19.7 Å². The van der Waals surface area contributed by atoms with Crippen LogP contribution in [-0.2, 0) is 16.0 Å². The summed E-state index contributed by atoms with van der Waals surface area (Å²) >= 11 is 3.32. The summed E-state index contributed by atoms with van der Waals surface area (Å²) in [6.45, 7) is 5.22. The average Bonchev–Trinajstić information content (AvgIpc) is 2.85. The minimum Gasteiger partial charge on any atom is -0.465 e. The zero-order valence-corrected chi connectivity index (χ0v) is 21.5. The van der Waals surface area contributed by atoms with Crippen molar-refractivity contribution in [2.45, 2.75) is 33.6 Å². The van der Waals surface area contributed by atoms with Crippen LogP contribution < -0.4 is 5.32 Å². The van der Waals surface area contributed by atoms with E-state index in [1.165, 1.54) is 7.11 Å². The number of methoxy groups -OCH3 is 1. The Balaban J connectivity index is 1.81. The zero-order valence-electron chi connectivity index (χ0n) is 19.9. The van der Waals surface area contributed by atoms with Gasteiger partial charge in [-0.25, -0.2) is 9.78 Å². The van der Waals surface area contributed by atoms with Crippen LogP contribution in [0.15, 0.2) is 53.0 Å². The van der Waals surface area contributed by atoms with Gasteiger partial charge in [-0.3, -0.25) is 14.9 Å². The third-order valence-electron chi connectivity index (χ3n) is 5.87. The lowest BCUT2D eigenvalue weighted by molar-refractivity contribution is -0.384. The maximum Gasteiger partial charge on any atom is 0.338 e. The molecule has 0 bridgehead atoms. The lowest BCUT2D eigenvalue weighted by Gasteiger charge is -2.16. The second-order valence-electron chi connectivity index (χ2n) is 8.12. The smallest absolute Gasteiger partial charge is 0.338 e. The summed E-state index contributed by atoms with van der Waals surface area (Å²) in [7, 11) is 1.35. The number of hydrogen-bond acceptors (Lipinski definition) is 6. The maximum atomic E-state index is 13.0. The summed E-state index contributed by atoms with van der Waals surface area (Å²) in [6.07, 6.45) is 0.991. The normalized spacial score (nSPS) is 11.6. The Morgan fingerprint density at radius 2 is 1.80 bits per heavy atom. The lowest BCUT2D eigenvalue weighted by Crippen LogP contribution is -2.25. The van der Waals surface area contributed by atoms with E-state index in [0.717, 1.165) is 16.7 Å². The summed E-state index contributed by atoms with van der Waals surface area (Å²) in [6, 6.07) is 14.8. The Labute approximate surface area is 212 Å². The van der Waals surface area contributed by atoms with Crippen molar-refractivity contribution in [1.29, 1.82) is 0 Å². The number of rotatable bonds is 8. The quantitative estimate of drug-likeness (QED) is 0.212. The van der Waals surface area contributed by atoms with Crippen molar-refractivity contribution in [2.75, 3.05) is 12.4 Å². The molecule has 3 aromatic rings. The molecule has 0 aliphatic heterocycles. The van der Waals surface area contributed by atoms with Gasteiger partial charge in [-0.2, -0.15) is 0 Å². The van der Waals surface area contributed by atoms with Crippen LogP contribution in [-0.4, -0.2) is 28.9 Å². The van der Waals surface area contributed by atoms with Crippen LogP contribution in [0.2, 0.25) is 0 Å². The first-order chi connectivity index (χ1) is 16.7. The molecule has 0 aliphatic rings. The number of anilines is 1. The molecule has 1 N–H and O–H groups in total. The van der Waals surface area contributed by atoms with Crippen LogP contribution >= 0.6 is 15.9 Å². The molecule has 9 heteroatoms. The molecular weight excluding hydrogens is 514 g/mol. The van der Waals surface area contributed by atoms with Crippen molar-refractivity contribution >= 4 is 39.3 Å². The standard InChI is InChI=1S/C26H26BrN3O5/c1-5-18(25(31)29-24-23(30(33)34)15(2)22(27)16(3)28-24)14-17-10-12-19(13-11-17)20-8-6-7-9-21(20)26(32)35-4/h6-13,18H,5,14H2,1-4H3,(H,28,29,31). The number of hydrogen-bond donors (Lipinski definition) is 1. The van der Waals surface area contributed by atoms with E-state index < -0.39 is 16.8 Å². The third-order valence-corrected chi connectivity index (χ3v) is 7.04. The molecule has 3 rings (SSSR count). The third kappa shape index (κ3) is 5.74. The Hall–Kier alpha value is -3.59. The Bertz CT molecular complexity index is 1270. The molecule has 0 spiro atoms. The summed E-state index contributed by atoms with van der Waals surface area (Å²) in [5.74, 6) is -1.20. The van der Waals surface area contributed by atoms with E-state index in [0.29, 0.717) is 34.1 Å². The molecule has 1 unspecified atom stereocenters. The largest absolute Gasteiger partial charge is 0.465 e. The minimum absolute atomic E-state index is 0.0496. The average molecular weight is 540 g/mol. The number of halogens is 1. The molecule has 0 saturated carbocycles. The second kappa shape index (κ2) is 11.2. The number of nitrogens with one attached hydrogen (secondary N) is 1. The first-order valence-corrected chi connectivity index (χ1v) is 11.9. The van der Waals surface area contributed by atoms with Crippen LogP contribution in [0.4, 0.5) is 11.5 Å². The molecule has 1 heterocycles. The highest BCUT2D eigenvalue weighted by Gasteiger charge is 2.27. The molecule has 1 amide bonds. The Morgan fingerprint density at radius 1 is 1.14 bits per heavy atom. The second-order valence-corrected chi connectivity index (χ2v) is 8.92. The molecule has 35 heavy (non-hydrogen) atoms. The number of benzene rings is 2. The molecule has 2 aromatic carbocycles. The predicted octanol–water partition coefficient (Wildman–Crippen LogP) is 6.03. The van der Waals surface area contributed by atoms with Crippen molar-refractivity contribution in [3.05, 3.63) is 85.5 Å².